The number of anilines is 1. The largest absolute Gasteiger partial charge is 0.490 e. The average molecular weight is 401 g/mol. The second kappa shape index (κ2) is 8.62. The summed E-state index contributed by atoms with van der Waals surface area (Å²) < 4.78 is 11.2. The van der Waals surface area contributed by atoms with Gasteiger partial charge in [0.1, 0.15) is 6.04 Å². The van der Waals surface area contributed by atoms with Crippen LogP contribution in [-0.2, 0) is 0 Å². The first kappa shape index (κ1) is 17.4. The van der Waals surface area contributed by atoms with Gasteiger partial charge in [0.15, 0.2) is 17.5 Å². The molecule has 1 unspecified atom stereocenters. The van der Waals surface area contributed by atoms with Crippen LogP contribution in [0.3, 0.4) is 0 Å². The van der Waals surface area contributed by atoms with Crippen LogP contribution in [0.4, 0.5) is 5.69 Å². The zero-order chi connectivity index (χ0) is 14.4. The van der Waals surface area contributed by atoms with Crippen molar-refractivity contribution in [2.24, 2.45) is 10.7 Å². The summed E-state index contributed by atoms with van der Waals surface area (Å²) in [4.78, 5) is 4.21. The minimum absolute atomic E-state index is 0. The Bertz CT molecular complexity index is 540. The van der Waals surface area contributed by atoms with Crippen molar-refractivity contribution in [2.75, 3.05) is 18.5 Å². The molecule has 1 aliphatic rings. The van der Waals surface area contributed by atoms with Crippen LogP contribution in [0.25, 0.3) is 0 Å². The summed E-state index contributed by atoms with van der Waals surface area (Å²) in [5, 5.41) is 3.01. The van der Waals surface area contributed by atoms with Crippen molar-refractivity contribution in [3.8, 4) is 23.8 Å². The van der Waals surface area contributed by atoms with E-state index in [0.717, 1.165) is 24.3 Å². The van der Waals surface area contributed by atoms with Gasteiger partial charge in [0.2, 0.25) is 0 Å². The van der Waals surface area contributed by atoms with Crippen LogP contribution < -0.4 is 20.5 Å². The van der Waals surface area contributed by atoms with Gasteiger partial charge in [0.25, 0.3) is 0 Å². The third-order valence-corrected chi connectivity index (χ3v) is 2.89. The van der Waals surface area contributed by atoms with Crippen molar-refractivity contribution < 1.29 is 9.47 Å². The number of ether oxygens (including phenoxy) is 2. The fraction of sp³-hybridized carbons (Fsp3) is 0.400. The maximum atomic E-state index is 5.84. The summed E-state index contributed by atoms with van der Waals surface area (Å²) >= 11 is 0. The number of hydrogen-bond donors (Lipinski definition) is 2. The van der Waals surface area contributed by atoms with E-state index in [-0.39, 0.29) is 30.0 Å². The van der Waals surface area contributed by atoms with Gasteiger partial charge in [-0.05, 0) is 18.6 Å². The van der Waals surface area contributed by atoms with E-state index in [0.29, 0.717) is 24.9 Å². The fourth-order valence-electron chi connectivity index (χ4n) is 1.84. The minimum Gasteiger partial charge on any atom is -0.490 e. The molecule has 21 heavy (non-hydrogen) atoms. The highest BCUT2D eigenvalue weighted by atomic mass is 127. The van der Waals surface area contributed by atoms with Crippen LogP contribution in [0, 0.1) is 12.3 Å². The van der Waals surface area contributed by atoms with Gasteiger partial charge in [-0.25, -0.2) is 4.99 Å². The summed E-state index contributed by atoms with van der Waals surface area (Å²) in [5.74, 6) is 4.33. The van der Waals surface area contributed by atoms with Crippen LogP contribution in [0.2, 0.25) is 0 Å². The summed E-state index contributed by atoms with van der Waals surface area (Å²) in [6, 6.07) is 5.37. The van der Waals surface area contributed by atoms with Crippen LogP contribution in [0.1, 0.15) is 19.8 Å². The van der Waals surface area contributed by atoms with Crippen LogP contribution >= 0.6 is 24.0 Å². The Balaban J connectivity index is 0.00000220. The quantitative estimate of drug-likeness (QED) is 0.354. The highest BCUT2D eigenvalue weighted by Gasteiger charge is 2.11. The second-order valence-electron chi connectivity index (χ2n) is 4.44. The summed E-state index contributed by atoms with van der Waals surface area (Å²) in [7, 11) is 0. The highest BCUT2D eigenvalue weighted by molar-refractivity contribution is 14.0. The molecule has 1 aliphatic heterocycles. The normalized spacial score (nSPS) is 15.1. The Labute approximate surface area is 142 Å². The lowest BCUT2D eigenvalue weighted by molar-refractivity contribution is 0.297. The Kier molecular flexibility index (Phi) is 7.15. The van der Waals surface area contributed by atoms with Gasteiger partial charge in [-0.15, -0.1) is 30.4 Å². The lowest BCUT2D eigenvalue weighted by Gasteiger charge is -2.11. The zero-order valence-corrected chi connectivity index (χ0v) is 14.3. The standard InChI is InChI=1S/C15H19N3O2.HI/c1-3-11(4-2)17-15(16)18-12-6-7-13-14(10-12)20-9-5-8-19-13;/h1,6-7,10-11H,4-5,8-9H2,2H3,(H3,16,17,18);1H. The maximum Gasteiger partial charge on any atom is 0.194 e. The topological polar surface area (TPSA) is 68.9 Å². The molecule has 6 heteroatoms. The molecule has 0 fully saturated rings. The Morgan fingerprint density at radius 3 is 2.81 bits per heavy atom. The first-order valence-corrected chi connectivity index (χ1v) is 6.69. The molecule has 5 nitrogen and oxygen atoms in total. The average Bonchev–Trinajstić information content (AvgIpc) is 2.69. The molecule has 0 bridgehead atoms. The molecule has 1 aromatic carbocycles. The zero-order valence-electron chi connectivity index (χ0n) is 12.0. The van der Waals surface area contributed by atoms with Gasteiger partial charge in [0.05, 0.1) is 13.2 Å². The van der Waals surface area contributed by atoms with E-state index in [1.165, 1.54) is 0 Å². The molecule has 0 amide bonds. The van der Waals surface area contributed by atoms with E-state index >= 15 is 0 Å². The van der Waals surface area contributed by atoms with Crippen molar-refractivity contribution in [1.29, 1.82) is 0 Å². The van der Waals surface area contributed by atoms with Gasteiger partial charge < -0.3 is 20.5 Å². The number of nitrogens with zero attached hydrogens (tertiary/aromatic N) is 1. The van der Waals surface area contributed by atoms with Crippen LogP contribution in [0.5, 0.6) is 11.5 Å². The minimum atomic E-state index is -0.206. The molecule has 2 rings (SSSR count). The Morgan fingerprint density at radius 1 is 1.43 bits per heavy atom. The van der Waals surface area contributed by atoms with E-state index in [1.54, 1.807) is 0 Å². The van der Waals surface area contributed by atoms with E-state index in [1.807, 2.05) is 25.1 Å². The lowest BCUT2D eigenvalue weighted by atomic mass is 10.2. The molecule has 0 spiro atoms. The Morgan fingerprint density at radius 2 is 2.14 bits per heavy atom. The summed E-state index contributed by atoms with van der Waals surface area (Å²) in [6.45, 7) is 3.29. The number of terminal acetylenes is 1. The summed E-state index contributed by atoms with van der Waals surface area (Å²) in [5.41, 5.74) is 6.63. The van der Waals surface area contributed by atoms with Gasteiger partial charge in [-0.1, -0.05) is 12.8 Å². The third-order valence-electron chi connectivity index (χ3n) is 2.89. The molecule has 3 N–H and O–H groups in total. The lowest BCUT2D eigenvalue weighted by Crippen LogP contribution is -2.24. The molecule has 1 atom stereocenters. The number of benzene rings is 1. The van der Waals surface area contributed by atoms with Gasteiger partial charge >= 0.3 is 0 Å². The molecule has 1 heterocycles. The van der Waals surface area contributed by atoms with Crippen molar-refractivity contribution in [3.63, 3.8) is 0 Å². The SMILES string of the molecule is C#CC(CC)N=C(N)Nc1ccc2c(c1)OCCCO2.I. The molecule has 0 aliphatic carbocycles. The molecule has 0 radical (unpaired) electrons. The monoisotopic (exact) mass is 401 g/mol. The van der Waals surface area contributed by atoms with Gasteiger partial charge in [-0.3, -0.25) is 0 Å². The summed E-state index contributed by atoms with van der Waals surface area (Å²) in [6.07, 6.45) is 6.98. The maximum absolute atomic E-state index is 5.84. The molecular weight excluding hydrogens is 381 g/mol. The number of rotatable bonds is 3. The smallest absolute Gasteiger partial charge is 0.194 e. The van der Waals surface area contributed by atoms with Crippen molar-refractivity contribution in [3.05, 3.63) is 18.2 Å². The van der Waals surface area contributed by atoms with E-state index < -0.39 is 0 Å². The first-order valence-electron chi connectivity index (χ1n) is 6.69. The molecule has 0 saturated carbocycles. The number of nitrogens with two attached hydrogens (primary N) is 1. The number of halogens is 1. The van der Waals surface area contributed by atoms with Crippen molar-refractivity contribution in [1.82, 2.24) is 0 Å². The van der Waals surface area contributed by atoms with Crippen molar-refractivity contribution >= 4 is 35.6 Å². The number of guanidine groups is 1. The number of hydrogen-bond acceptors (Lipinski definition) is 3. The predicted molar refractivity (Wildman–Crippen MR) is 95.6 cm³/mol. The van der Waals surface area contributed by atoms with Crippen LogP contribution in [-0.4, -0.2) is 25.2 Å². The van der Waals surface area contributed by atoms with Gasteiger partial charge in [-0.2, -0.15) is 0 Å². The Hall–Kier alpha value is -1.62. The second-order valence-corrected chi connectivity index (χ2v) is 4.44. The molecule has 0 aromatic heterocycles. The van der Waals surface area contributed by atoms with Gasteiger partial charge in [0, 0.05) is 18.2 Å². The molecule has 0 saturated heterocycles. The fourth-order valence-corrected chi connectivity index (χ4v) is 1.84. The van der Waals surface area contributed by atoms with Crippen molar-refractivity contribution in [2.45, 2.75) is 25.8 Å². The number of nitrogens with one attached hydrogen (secondary N) is 1. The predicted octanol–water partition coefficient (Wildman–Crippen LogP) is 2.60. The van der Waals surface area contributed by atoms with E-state index in [4.69, 9.17) is 21.6 Å². The molecule has 1 aromatic rings. The van der Waals surface area contributed by atoms with E-state index in [2.05, 4.69) is 16.2 Å². The number of aliphatic imine (C=N–C) groups is 1. The number of fused-ring (bicyclic) bond motifs is 1. The van der Waals surface area contributed by atoms with E-state index in [9.17, 15) is 0 Å². The third kappa shape index (κ3) is 5.01. The first-order chi connectivity index (χ1) is 9.72. The highest BCUT2D eigenvalue weighted by Crippen LogP contribution is 2.32. The van der Waals surface area contributed by atoms with Crippen LogP contribution in [0.15, 0.2) is 23.2 Å². The molecule has 114 valence electrons. The molecular formula is C15H20IN3O2.